The lowest BCUT2D eigenvalue weighted by Crippen LogP contribution is -2.66. The average Bonchev–Trinajstić information content (AvgIpc) is 2.82. The van der Waals surface area contributed by atoms with E-state index in [9.17, 15) is 19.8 Å². The highest BCUT2D eigenvalue weighted by Crippen LogP contribution is 2.75. The van der Waals surface area contributed by atoms with Crippen molar-refractivity contribution in [1.82, 2.24) is 0 Å². The summed E-state index contributed by atoms with van der Waals surface area (Å²) in [6, 6.07) is 0. The monoisotopic (exact) mass is 500 g/mol. The Kier molecular flexibility index (Phi) is 5.71. The molecule has 2 N–H and O–H groups in total. The molecule has 36 heavy (non-hydrogen) atoms. The fourth-order valence-electron chi connectivity index (χ4n) is 10.8. The maximum atomic E-state index is 12.8. The van der Waals surface area contributed by atoms with Gasteiger partial charge in [0.15, 0.2) is 0 Å². The van der Waals surface area contributed by atoms with E-state index in [1.807, 2.05) is 0 Å². The molecule has 0 radical (unpaired) electrons. The van der Waals surface area contributed by atoms with Gasteiger partial charge in [-0.05, 0) is 117 Å². The van der Waals surface area contributed by atoms with E-state index in [-0.39, 0.29) is 33.5 Å². The summed E-state index contributed by atoms with van der Waals surface area (Å²) in [5.74, 6) is -0.155. The van der Waals surface area contributed by atoms with E-state index >= 15 is 0 Å². The first-order valence-corrected chi connectivity index (χ1v) is 14.3. The number of hydrogen-bond acceptors (Lipinski definition) is 4. The van der Waals surface area contributed by atoms with Gasteiger partial charge in [0.25, 0.3) is 0 Å². The highest BCUT2D eigenvalue weighted by Gasteiger charge is 2.69. The van der Waals surface area contributed by atoms with Gasteiger partial charge < -0.3 is 14.9 Å². The number of esters is 1. The van der Waals surface area contributed by atoms with Crippen LogP contribution in [0.3, 0.4) is 0 Å². The summed E-state index contributed by atoms with van der Waals surface area (Å²) in [4.78, 5) is 25.4. The summed E-state index contributed by atoms with van der Waals surface area (Å²) in [6.45, 7) is 13.7. The van der Waals surface area contributed by atoms with E-state index in [4.69, 9.17) is 4.74 Å². The summed E-state index contributed by atoms with van der Waals surface area (Å²) in [5.41, 5.74) is 0.280. The minimum Gasteiger partial charge on any atom is -0.481 e. The van der Waals surface area contributed by atoms with Crippen LogP contribution < -0.4 is 0 Å². The first kappa shape index (κ1) is 26.3. The number of allylic oxidation sites excluding steroid dienone is 2. The number of rotatable bonds is 2. The predicted octanol–water partition coefficient (Wildman–Crippen LogP) is 6.39. The molecule has 202 valence electrons. The van der Waals surface area contributed by atoms with Crippen LogP contribution in [0.25, 0.3) is 0 Å². The van der Waals surface area contributed by atoms with Crippen molar-refractivity contribution in [3.63, 3.8) is 0 Å². The van der Waals surface area contributed by atoms with Crippen molar-refractivity contribution in [2.45, 2.75) is 112 Å². The van der Waals surface area contributed by atoms with Gasteiger partial charge in [0.05, 0.1) is 24.0 Å². The zero-order valence-corrected chi connectivity index (χ0v) is 23.6. The summed E-state index contributed by atoms with van der Waals surface area (Å²) in [6.07, 6.45) is 11.2. The van der Waals surface area contributed by atoms with Crippen molar-refractivity contribution >= 4 is 11.9 Å². The molecule has 5 nitrogen and oxygen atoms in total. The van der Waals surface area contributed by atoms with Crippen LogP contribution in [0.1, 0.15) is 106 Å². The molecule has 4 saturated carbocycles. The zero-order chi connectivity index (χ0) is 26.5. The first-order valence-electron chi connectivity index (χ1n) is 14.3. The third kappa shape index (κ3) is 3.04. The molecule has 0 aromatic rings. The standard InChI is InChI=1S/C31H48O5/c1-26-14-15-27(2,25(35)36-7)18-20(26)19-8-9-21-28(3)12-11-23(32)31(6,24(33)34)22(28)10-13-30(21,5)29(19,4)17-16-26/h8,20-23,32H,9-18H2,1-7H3,(H,33,34). The number of aliphatic carboxylic acids is 1. The maximum Gasteiger partial charge on any atom is 0.312 e. The summed E-state index contributed by atoms with van der Waals surface area (Å²) in [7, 11) is 1.52. The van der Waals surface area contributed by atoms with Gasteiger partial charge in [-0.2, -0.15) is 0 Å². The van der Waals surface area contributed by atoms with Crippen molar-refractivity contribution in [3.8, 4) is 0 Å². The largest absolute Gasteiger partial charge is 0.481 e. The number of ether oxygens (including phenoxy) is 1. The fourth-order valence-corrected chi connectivity index (χ4v) is 10.8. The number of methoxy groups -OCH3 is 1. The number of aliphatic hydroxyl groups excluding tert-OH is 1. The van der Waals surface area contributed by atoms with Crippen LogP contribution in [-0.4, -0.2) is 35.4 Å². The SMILES string of the molecule is COC(=O)C1(C)CCC2(C)CCC3(C)C(=CCC4C5(C)CCC(O)C(C)(C(=O)O)C5CCC43C)C2C1. The molecule has 0 aromatic carbocycles. The van der Waals surface area contributed by atoms with E-state index < -0.39 is 22.9 Å². The van der Waals surface area contributed by atoms with Crippen molar-refractivity contribution in [3.05, 3.63) is 11.6 Å². The topological polar surface area (TPSA) is 83.8 Å². The third-order valence-electron chi connectivity index (χ3n) is 13.6. The Balaban J connectivity index is 1.57. The van der Waals surface area contributed by atoms with Gasteiger partial charge in [-0.1, -0.05) is 39.3 Å². The van der Waals surface area contributed by atoms with E-state index in [2.05, 4.69) is 40.7 Å². The molecule has 5 aliphatic carbocycles. The molecule has 5 heteroatoms. The second-order valence-electron chi connectivity index (χ2n) is 14.9. The summed E-state index contributed by atoms with van der Waals surface area (Å²) < 4.78 is 5.27. The van der Waals surface area contributed by atoms with Crippen molar-refractivity contribution in [2.24, 2.45) is 50.2 Å². The Labute approximate surface area is 217 Å². The van der Waals surface area contributed by atoms with Crippen LogP contribution >= 0.6 is 0 Å². The van der Waals surface area contributed by atoms with Gasteiger partial charge in [-0.25, -0.2) is 0 Å². The number of fused-ring (bicyclic) bond motifs is 7. The van der Waals surface area contributed by atoms with Gasteiger partial charge in [0.2, 0.25) is 0 Å². The molecule has 0 aromatic heterocycles. The van der Waals surface area contributed by atoms with Gasteiger partial charge in [-0.15, -0.1) is 0 Å². The highest BCUT2D eigenvalue weighted by molar-refractivity contribution is 5.77. The maximum absolute atomic E-state index is 12.8. The molecular formula is C31H48O5. The Hall–Kier alpha value is -1.36. The van der Waals surface area contributed by atoms with E-state index in [0.717, 1.165) is 51.4 Å². The van der Waals surface area contributed by atoms with Gasteiger partial charge in [-0.3, -0.25) is 9.59 Å². The molecule has 10 unspecified atom stereocenters. The second-order valence-corrected chi connectivity index (χ2v) is 14.9. The Morgan fingerprint density at radius 3 is 2.22 bits per heavy atom. The van der Waals surface area contributed by atoms with E-state index in [0.29, 0.717) is 18.3 Å². The van der Waals surface area contributed by atoms with E-state index in [1.54, 1.807) is 12.5 Å². The quantitative estimate of drug-likeness (QED) is 0.339. The third-order valence-corrected chi connectivity index (χ3v) is 13.6. The molecule has 5 aliphatic rings. The molecule has 10 atom stereocenters. The Bertz CT molecular complexity index is 1000. The molecule has 0 heterocycles. The number of carbonyl (C=O) groups excluding carboxylic acids is 1. The van der Waals surface area contributed by atoms with Crippen LogP contribution in [0, 0.1) is 50.2 Å². The smallest absolute Gasteiger partial charge is 0.312 e. The molecule has 0 aliphatic heterocycles. The number of carbonyl (C=O) groups is 2. The molecule has 4 fully saturated rings. The van der Waals surface area contributed by atoms with Gasteiger partial charge in [0.1, 0.15) is 0 Å². The lowest BCUT2D eigenvalue weighted by atomic mass is 9.33. The molecule has 0 amide bonds. The molecular weight excluding hydrogens is 452 g/mol. The summed E-state index contributed by atoms with van der Waals surface area (Å²) >= 11 is 0. The first-order chi connectivity index (χ1) is 16.6. The van der Waals surface area contributed by atoms with Crippen molar-refractivity contribution < 1.29 is 24.5 Å². The average molecular weight is 501 g/mol. The molecule has 0 saturated heterocycles. The molecule has 5 rings (SSSR count). The molecule has 0 bridgehead atoms. The van der Waals surface area contributed by atoms with Crippen LogP contribution in [-0.2, 0) is 14.3 Å². The fraction of sp³-hybridized carbons (Fsp3) is 0.871. The number of carboxylic acid groups (broad SMARTS) is 1. The van der Waals surface area contributed by atoms with Gasteiger partial charge in [0, 0.05) is 0 Å². The minimum atomic E-state index is -1.09. The Morgan fingerprint density at radius 2 is 1.58 bits per heavy atom. The van der Waals surface area contributed by atoms with Crippen molar-refractivity contribution in [2.75, 3.05) is 7.11 Å². The Morgan fingerprint density at radius 1 is 0.917 bits per heavy atom. The number of hydrogen-bond donors (Lipinski definition) is 2. The van der Waals surface area contributed by atoms with Crippen LogP contribution in [0.2, 0.25) is 0 Å². The van der Waals surface area contributed by atoms with Crippen LogP contribution in [0.15, 0.2) is 11.6 Å². The van der Waals surface area contributed by atoms with Crippen molar-refractivity contribution in [1.29, 1.82) is 0 Å². The lowest BCUT2D eigenvalue weighted by Gasteiger charge is -2.71. The highest BCUT2D eigenvalue weighted by atomic mass is 16.5. The summed E-state index contributed by atoms with van der Waals surface area (Å²) in [5, 5.41) is 21.2. The van der Waals surface area contributed by atoms with Gasteiger partial charge >= 0.3 is 11.9 Å². The lowest BCUT2D eigenvalue weighted by molar-refractivity contribution is -0.216. The minimum absolute atomic E-state index is 0.0194. The molecule has 0 spiro atoms. The van der Waals surface area contributed by atoms with Crippen LogP contribution in [0.5, 0.6) is 0 Å². The second kappa shape index (κ2) is 7.83. The normalized spacial score (nSPS) is 54.2. The predicted molar refractivity (Wildman–Crippen MR) is 139 cm³/mol. The number of aliphatic hydroxyl groups is 1. The number of carboxylic acids is 1. The van der Waals surface area contributed by atoms with Crippen LogP contribution in [0.4, 0.5) is 0 Å². The zero-order valence-electron chi connectivity index (χ0n) is 23.6. The van der Waals surface area contributed by atoms with E-state index in [1.165, 1.54) is 13.5 Å².